The highest BCUT2D eigenvalue weighted by Gasteiger charge is 2.16. The summed E-state index contributed by atoms with van der Waals surface area (Å²) in [7, 11) is 1.77. The Hall–Kier alpha value is -3.68. The number of likely N-dealkylation sites (N-methyl/N-ethyl adjacent to an activating group) is 1. The molecule has 0 radical (unpaired) electrons. The minimum absolute atomic E-state index is 0. The molecule has 1 aromatic heterocycles. The highest BCUT2D eigenvalue weighted by Crippen LogP contribution is 2.36. The monoisotopic (exact) mass is 507 g/mol. The molecule has 0 unspecified atom stereocenters. The topological polar surface area (TPSA) is 88.7 Å². The van der Waals surface area contributed by atoms with E-state index in [1.165, 1.54) is 5.56 Å². The third-order valence-corrected chi connectivity index (χ3v) is 5.71. The molecule has 188 valence electrons. The molecule has 36 heavy (non-hydrogen) atoms. The Morgan fingerprint density at radius 3 is 2.42 bits per heavy atom. The largest absolute Gasteiger partial charge is 0.493 e. The third kappa shape index (κ3) is 6.30. The van der Waals surface area contributed by atoms with Gasteiger partial charge in [0.25, 0.3) is 5.89 Å². The van der Waals surface area contributed by atoms with Gasteiger partial charge in [0, 0.05) is 23.2 Å². The lowest BCUT2D eigenvalue weighted by atomic mass is 9.96. The van der Waals surface area contributed by atoms with E-state index >= 15 is 0 Å². The molecule has 3 aromatic carbocycles. The number of aliphatic carboxylic acids is 1. The molecule has 4 aromatic rings. The first-order valence-corrected chi connectivity index (χ1v) is 11.7. The van der Waals surface area contributed by atoms with Gasteiger partial charge in [-0.05, 0) is 55.3 Å². The van der Waals surface area contributed by atoms with Crippen LogP contribution in [0, 0.1) is 0 Å². The number of hydrogen-bond donors (Lipinski definition) is 1. The Morgan fingerprint density at radius 2 is 1.72 bits per heavy atom. The summed E-state index contributed by atoms with van der Waals surface area (Å²) < 4.78 is 11.6. The van der Waals surface area contributed by atoms with Gasteiger partial charge in [0.05, 0.1) is 13.2 Å². The molecular formula is C28H30ClN3O4. The first-order chi connectivity index (χ1) is 17.0. The zero-order valence-corrected chi connectivity index (χ0v) is 21.4. The van der Waals surface area contributed by atoms with Crippen molar-refractivity contribution in [1.82, 2.24) is 15.0 Å². The Kier molecular flexibility index (Phi) is 9.22. The highest BCUT2D eigenvalue weighted by atomic mass is 35.5. The molecule has 1 heterocycles. The number of hydrogen-bond acceptors (Lipinski definition) is 6. The maximum Gasteiger partial charge on any atom is 0.317 e. The third-order valence-electron chi connectivity index (χ3n) is 5.71. The van der Waals surface area contributed by atoms with Gasteiger partial charge in [-0.2, -0.15) is 4.98 Å². The second-order valence-corrected chi connectivity index (χ2v) is 8.34. The van der Waals surface area contributed by atoms with Crippen molar-refractivity contribution < 1.29 is 19.2 Å². The van der Waals surface area contributed by atoms with Crippen LogP contribution in [0.4, 0.5) is 0 Å². The predicted molar refractivity (Wildman–Crippen MR) is 142 cm³/mol. The number of benzene rings is 3. The van der Waals surface area contributed by atoms with E-state index in [9.17, 15) is 4.79 Å². The van der Waals surface area contributed by atoms with Gasteiger partial charge in [-0.3, -0.25) is 9.69 Å². The molecule has 7 nitrogen and oxygen atoms in total. The van der Waals surface area contributed by atoms with E-state index < -0.39 is 5.97 Å². The average Bonchev–Trinajstić information content (AvgIpc) is 3.34. The summed E-state index contributed by atoms with van der Waals surface area (Å²) in [6.45, 7) is 5.19. The summed E-state index contributed by atoms with van der Waals surface area (Å²) in [5, 5.41) is 13.1. The summed E-state index contributed by atoms with van der Waals surface area (Å²) in [5.74, 6) is 0.837. The molecule has 0 aliphatic rings. The molecular weight excluding hydrogens is 478 g/mol. The molecule has 0 saturated carbocycles. The van der Waals surface area contributed by atoms with Crippen LogP contribution < -0.4 is 4.74 Å². The minimum atomic E-state index is -0.849. The molecule has 4 rings (SSSR count). The molecule has 0 bridgehead atoms. The molecule has 0 amide bonds. The van der Waals surface area contributed by atoms with Gasteiger partial charge in [0.1, 0.15) is 5.75 Å². The maximum atomic E-state index is 10.9. The van der Waals surface area contributed by atoms with E-state index in [2.05, 4.69) is 35.3 Å². The summed E-state index contributed by atoms with van der Waals surface area (Å²) in [5.41, 5.74) is 6.07. The van der Waals surface area contributed by atoms with Crippen molar-refractivity contribution in [1.29, 1.82) is 0 Å². The Labute approximate surface area is 217 Å². The number of carboxylic acid groups (broad SMARTS) is 1. The maximum absolute atomic E-state index is 10.9. The Bertz CT molecular complexity index is 1300. The van der Waals surface area contributed by atoms with Crippen LogP contribution in [0.15, 0.2) is 71.3 Å². The zero-order chi connectivity index (χ0) is 24.8. The van der Waals surface area contributed by atoms with Gasteiger partial charge in [0.15, 0.2) is 0 Å². The van der Waals surface area contributed by atoms with Crippen molar-refractivity contribution in [3.05, 3.63) is 77.9 Å². The van der Waals surface area contributed by atoms with E-state index in [4.69, 9.17) is 14.4 Å². The number of aryl methyl sites for hydroxylation is 1. The molecule has 0 fully saturated rings. The number of rotatable bonds is 10. The van der Waals surface area contributed by atoms with Crippen LogP contribution in [-0.2, 0) is 17.8 Å². The SMILES string of the molecule is CCOc1cc(-c2nc(-c3ccc(CN(C)CC(=O)O)cc3)no2)ccc1-c1ccccc1CC.Cl. The van der Waals surface area contributed by atoms with Crippen LogP contribution >= 0.6 is 12.4 Å². The number of nitrogens with zero attached hydrogens (tertiary/aromatic N) is 3. The van der Waals surface area contributed by atoms with Crippen molar-refractivity contribution in [2.24, 2.45) is 0 Å². The Balaban J connectivity index is 0.00000361. The van der Waals surface area contributed by atoms with Crippen LogP contribution in [0.5, 0.6) is 5.75 Å². The smallest absolute Gasteiger partial charge is 0.317 e. The van der Waals surface area contributed by atoms with Crippen molar-refractivity contribution in [3.63, 3.8) is 0 Å². The quantitative estimate of drug-likeness (QED) is 0.283. The fourth-order valence-electron chi connectivity index (χ4n) is 4.06. The van der Waals surface area contributed by atoms with Crippen LogP contribution in [0.2, 0.25) is 0 Å². The number of ether oxygens (including phenoxy) is 1. The normalized spacial score (nSPS) is 10.8. The van der Waals surface area contributed by atoms with E-state index in [0.717, 1.165) is 40.0 Å². The van der Waals surface area contributed by atoms with Crippen LogP contribution in [0.25, 0.3) is 34.0 Å². The molecule has 1 N–H and O–H groups in total. The number of carbonyl (C=O) groups is 1. The molecule has 0 atom stereocenters. The zero-order valence-electron chi connectivity index (χ0n) is 20.6. The number of carboxylic acids is 1. The fourth-order valence-corrected chi connectivity index (χ4v) is 4.06. The first-order valence-electron chi connectivity index (χ1n) is 11.7. The predicted octanol–water partition coefficient (Wildman–Crippen LogP) is 5.97. The second kappa shape index (κ2) is 12.3. The lowest BCUT2D eigenvalue weighted by Crippen LogP contribution is -2.25. The summed E-state index contributed by atoms with van der Waals surface area (Å²) >= 11 is 0. The summed E-state index contributed by atoms with van der Waals surface area (Å²) in [6.07, 6.45) is 0.936. The summed E-state index contributed by atoms with van der Waals surface area (Å²) in [6, 6.07) is 22.0. The summed E-state index contributed by atoms with van der Waals surface area (Å²) in [4.78, 5) is 17.2. The van der Waals surface area contributed by atoms with Gasteiger partial charge in [-0.1, -0.05) is 60.6 Å². The highest BCUT2D eigenvalue weighted by molar-refractivity contribution is 5.85. The van der Waals surface area contributed by atoms with Crippen LogP contribution in [0.1, 0.15) is 25.0 Å². The van der Waals surface area contributed by atoms with E-state index in [-0.39, 0.29) is 19.0 Å². The molecule has 8 heteroatoms. The fraction of sp³-hybridized carbons (Fsp3) is 0.250. The molecule has 0 spiro atoms. The molecule has 0 aliphatic heterocycles. The lowest BCUT2D eigenvalue weighted by Gasteiger charge is -2.14. The average molecular weight is 508 g/mol. The minimum Gasteiger partial charge on any atom is -0.493 e. The van der Waals surface area contributed by atoms with E-state index in [1.54, 1.807) is 11.9 Å². The number of halogens is 1. The first kappa shape index (κ1) is 26.9. The van der Waals surface area contributed by atoms with Crippen LogP contribution in [0.3, 0.4) is 0 Å². The standard InChI is InChI=1S/C28H29N3O4.ClH/c1-4-20-8-6-7-9-23(20)24-15-14-22(16-25(24)34-5-2)28-29-27(30-35-28)21-12-10-19(11-13-21)17-31(3)18-26(32)33;/h6-16H,4-5,17-18H2,1-3H3,(H,32,33);1H. The number of aromatic nitrogens is 2. The van der Waals surface area contributed by atoms with Crippen molar-refractivity contribution in [3.8, 4) is 39.7 Å². The van der Waals surface area contributed by atoms with E-state index in [1.807, 2.05) is 55.5 Å². The van der Waals surface area contributed by atoms with Gasteiger partial charge < -0.3 is 14.4 Å². The Morgan fingerprint density at radius 1 is 1.00 bits per heavy atom. The van der Waals surface area contributed by atoms with Crippen molar-refractivity contribution >= 4 is 18.4 Å². The lowest BCUT2D eigenvalue weighted by molar-refractivity contribution is -0.138. The van der Waals surface area contributed by atoms with Crippen molar-refractivity contribution in [2.75, 3.05) is 20.2 Å². The second-order valence-electron chi connectivity index (χ2n) is 8.34. The van der Waals surface area contributed by atoms with Gasteiger partial charge >= 0.3 is 5.97 Å². The van der Waals surface area contributed by atoms with Gasteiger partial charge in [0.2, 0.25) is 5.82 Å². The van der Waals surface area contributed by atoms with Crippen molar-refractivity contribution in [2.45, 2.75) is 26.8 Å². The van der Waals surface area contributed by atoms with E-state index in [0.29, 0.717) is 24.9 Å². The molecule has 0 saturated heterocycles. The molecule has 0 aliphatic carbocycles. The van der Waals surface area contributed by atoms with Crippen LogP contribution in [-0.4, -0.2) is 46.3 Å². The van der Waals surface area contributed by atoms with Gasteiger partial charge in [-0.15, -0.1) is 12.4 Å². The van der Waals surface area contributed by atoms with Gasteiger partial charge in [-0.25, -0.2) is 0 Å².